The van der Waals surface area contributed by atoms with Gasteiger partial charge in [0.15, 0.2) is 6.10 Å². The molecule has 2 aromatic rings. The van der Waals surface area contributed by atoms with Gasteiger partial charge in [-0.1, -0.05) is 6.92 Å². The number of nitriles is 1. The Kier molecular flexibility index (Phi) is 5.97. The molecule has 1 aliphatic heterocycles. The summed E-state index contributed by atoms with van der Waals surface area (Å²) in [5.74, 6) is 1.16. The van der Waals surface area contributed by atoms with Crippen molar-refractivity contribution in [3.63, 3.8) is 0 Å². The van der Waals surface area contributed by atoms with E-state index in [-0.39, 0.29) is 5.91 Å². The molecule has 0 aromatic heterocycles. The largest absolute Gasteiger partial charge is 0.481 e. The molecule has 1 atom stereocenters. The summed E-state index contributed by atoms with van der Waals surface area (Å²) in [7, 11) is 0. The second-order valence-electron chi connectivity index (χ2n) is 7.10. The van der Waals surface area contributed by atoms with Crippen molar-refractivity contribution in [1.82, 2.24) is 0 Å². The Bertz CT molecular complexity index is 801. The number of nitrogens with one attached hydrogen (secondary N) is 1. The van der Waals surface area contributed by atoms with Gasteiger partial charge in [0.25, 0.3) is 5.91 Å². The van der Waals surface area contributed by atoms with E-state index in [2.05, 4.69) is 35.3 Å². The van der Waals surface area contributed by atoms with Crippen LogP contribution in [-0.4, -0.2) is 25.1 Å². The normalized spacial score (nSPS) is 15.7. The molecule has 1 unspecified atom stereocenters. The highest BCUT2D eigenvalue weighted by molar-refractivity contribution is 5.94. The SMILES string of the molecule is CC1CCN(c2ccc(NC(=O)C(C)Oc3ccc(C#N)cc3)cc2)CC1. The van der Waals surface area contributed by atoms with Gasteiger partial charge >= 0.3 is 0 Å². The van der Waals surface area contributed by atoms with Crippen LogP contribution in [0.25, 0.3) is 0 Å². The Morgan fingerprint density at radius 2 is 1.78 bits per heavy atom. The molecule has 0 saturated carbocycles. The maximum Gasteiger partial charge on any atom is 0.265 e. The molecule has 140 valence electrons. The summed E-state index contributed by atoms with van der Waals surface area (Å²) >= 11 is 0. The lowest BCUT2D eigenvalue weighted by molar-refractivity contribution is -0.122. The van der Waals surface area contributed by atoms with Crippen LogP contribution in [0.3, 0.4) is 0 Å². The van der Waals surface area contributed by atoms with Gasteiger partial charge in [-0.05, 0) is 74.2 Å². The van der Waals surface area contributed by atoms with Crippen LogP contribution in [0.4, 0.5) is 11.4 Å². The van der Waals surface area contributed by atoms with Gasteiger partial charge in [-0.15, -0.1) is 0 Å². The summed E-state index contributed by atoms with van der Waals surface area (Å²) in [4.78, 5) is 14.8. The highest BCUT2D eigenvalue weighted by atomic mass is 16.5. The minimum atomic E-state index is -0.638. The number of nitrogens with zero attached hydrogens (tertiary/aromatic N) is 2. The zero-order chi connectivity index (χ0) is 19.2. The Balaban J connectivity index is 1.54. The summed E-state index contributed by atoms with van der Waals surface area (Å²) in [6.07, 6.45) is 1.81. The van der Waals surface area contributed by atoms with Crippen LogP contribution >= 0.6 is 0 Å². The molecule has 0 spiro atoms. The van der Waals surface area contributed by atoms with E-state index in [0.29, 0.717) is 11.3 Å². The molecule has 27 heavy (non-hydrogen) atoms. The highest BCUT2D eigenvalue weighted by Gasteiger charge is 2.17. The fraction of sp³-hybridized carbons (Fsp3) is 0.364. The first-order valence-corrected chi connectivity index (χ1v) is 9.38. The van der Waals surface area contributed by atoms with Gasteiger partial charge in [-0.3, -0.25) is 4.79 Å². The molecule has 1 aliphatic rings. The lowest BCUT2D eigenvalue weighted by Gasteiger charge is -2.32. The lowest BCUT2D eigenvalue weighted by atomic mass is 9.99. The Labute approximate surface area is 160 Å². The van der Waals surface area contributed by atoms with Crippen molar-refractivity contribution >= 4 is 17.3 Å². The molecule has 5 nitrogen and oxygen atoms in total. The monoisotopic (exact) mass is 363 g/mol. The predicted molar refractivity (Wildman–Crippen MR) is 107 cm³/mol. The number of carbonyl (C=O) groups is 1. The second kappa shape index (κ2) is 8.59. The number of amides is 1. The van der Waals surface area contributed by atoms with E-state index in [0.717, 1.165) is 24.7 Å². The van der Waals surface area contributed by atoms with Crippen LogP contribution in [-0.2, 0) is 4.79 Å². The van der Waals surface area contributed by atoms with Gasteiger partial charge in [0.1, 0.15) is 5.75 Å². The fourth-order valence-corrected chi connectivity index (χ4v) is 3.13. The maximum absolute atomic E-state index is 12.4. The van der Waals surface area contributed by atoms with Crippen LogP contribution in [0.15, 0.2) is 48.5 Å². The quantitative estimate of drug-likeness (QED) is 0.865. The molecule has 1 heterocycles. The molecule has 0 radical (unpaired) electrons. The number of hydrogen-bond donors (Lipinski definition) is 1. The zero-order valence-electron chi connectivity index (χ0n) is 15.8. The second-order valence-corrected chi connectivity index (χ2v) is 7.10. The molecule has 2 aromatic carbocycles. The van der Waals surface area contributed by atoms with E-state index in [4.69, 9.17) is 10.00 Å². The first-order chi connectivity index (χ1) is 13.0. The molecular formula is C22H25N3O2. The summed E-state index contributed by atoms with van der Waals surface area (Å²) in [5.41, 5.74) is 2.51. The molecule has 1 N–H and O–H groups in total. The average molecular weight is 363 g/mol. The van der Waals surface area contributed by atoms with Crippen molar-refractivity contribution in [3.8, 4) is 11.8 Å². The lowest BCUT2D eigenvalue weighted by Crippen LogP contribution is -2.32. The van der Waals surface area contributed by atoms with Crippen molar-refractivity contribution in [2.45, 2.75) is 32.8 Å². The maximum atomic E-state index is 12.4. The third-order valence-electron chi connectivity index (χ3n) is 4.95. The van der Waals surface area contributed by atoms with Crippen molar-refractivity contribution < 1.29 is 9.53 Å². The van der Waals surface area contributed by atoms with Crippen LogP contribution in [0, 0.1) is 17.2 Å². The topological polar surface area (TPSA) is 65.4 Å². The molecular weight excluding hydrogens is 338 g/mol. The summed E-state index contributed by atoms with van der Waals surface area (Å²) in [6, 6.07) is 16.7. The number of ether oxygens (including phenoxy) is 1. The van der Waals surface area contributed by atoms with E-state index in [1.54, 1.807) is 31.2 Å². The van der Waals surface area contributed by atoms with Crippen LogP contribution in [0.5, 0.6) is 5.75 Å². The van der Waals surface area contributed by atoms with Crippen molar-refractivity contribution in [2.75, 3.05) is 23.3 Å². The van der Waals surface area contributed by atoms with E-state index in [9.17, 15) is 4.79 Å². The molecule has 5 heteroatoms. The predicted octanol–water partition coefficient (Wildman–Crippen LogP) is 4.20. The molecule has 1 saturated heterocycles. The van der Waals surface area contributed by atoms with Crippen molar-refractivity contribution in [2.24, 2.45) is 5.92 Å². The summed E-state index contributed by atoms with van der Waals surface area (Å²) in [6.45, 7) is 6.18. The smallest absolute Gasteiger partial charge is 0.265 e. The summed E-state index contributed by atoms with van der Waals surface area (Å²) < 4.78 is 5.65. The zero-order valence-corrected chi connectivity index (χ0v) is 15.8. The third kappa shape index (κ3) is 5.01. The van der Waals surface area contributed by atoms with Gasteiger partial charge in [-0.2, -0.15) is 5.26 Å². The third-order valence-corrected chi connectivity index (χ3v) is 4.95. The van der Waals surface area contributed by atoms with Crippen molar-refractivity contribution in [3.05, 3.63) is 54.1 Å². The first kappa shape index (κ1) is 18.8. The van der Waals surface area contributed by atoms with E-state index < -0.39 is 6.10 Å². The highest BCUT2D eigenvalue weighted by Crippen LogP contribution is 2.24. The summed E-state index contributed by atoms with van der Waals surface area (Å²) in [5, 5.41) is 11.7. The average Bonchev–Trinajstić information content (AvgIpc) is 2.70. The Hall–Kier alpha value is -3.00. The number of piperidine rings is 1. The molecule has 3 rings (SSSR count). The molecule has 1 amide bonds. The Morgan fingerprint density at radius 1 is 1.15 bits per heavy atom. The van der Waals surface area contributed by atoms with Crippen LogP contribution in [0.2, 0.25) is 0 Å². The molecule has 0 bridgehead atoms. The van der Waals surface area contributed by atoms with E-state index >= 15 is 0 Å². The van der Waals surface area contributed by atoms with Gasteiger partial charge in [0.05, 0.1) is 11.6 Å². The van der Waals surface area contributed by atoms with Gasteiger partial charge < -0.3 is 15.0 Å². The van der Waals surface area contributed by atoms with E-state index in [1.165, 1.54) is 18.5 Å². The van der Waals surface area contributed by atoms with Crippen LogP contribution < -0.4 is 15.0 Å². The number of anilines is 2. The number of benzene rings is 2. The standard InChI is InChI=1S/C22H25N3O2/c1-16-11-13-25(14-12-16)20-7-5-19(6-8-20)24-22(26)17(2)27-21-9-3-18(15-23)4-10-21/h3-10,16-17H,11-14H2,1-2H3,(H,24,26). The van der Waals surface area contributed by atoms with Crippen LogP contribution in [0.1, 0.15) is 32.3 Å². The van der Waals surface area contributed by atoms with Crippen molar-refractivity contribution in [1.29, 1.82) is 5.26 Å². The molecule has 0 aliphatic carbocycles. The van der Waals surface area contributed by atoms with Gasteiger partial charge in [-0.25, -0.2) is 0 Å². The Morgan fingerprint density at radius 3 is 2.37 bits per heavy atom. The number of carbonyl (C=O) groups excluding carboxylic acids is 1. The minimum Gasteiger partial charge on any atom is -0.481 e. The fourth-order valence-electron chi connectivity index (χ4n) is 3.13. The minimum absolute atomic E-state index is 0.209. The first-order valence-electron chi connectivity index (χ1n) is 9.38. The molecule has 1 fully saturated rings. The van der Waals surface area contributed by atoms with Gasteiger partial charge in [0.2, 0.25) is 0 Å². The number of hydrogen-bond acceptors (Lipinski definition) is 4. The number of rotatable bonds is 5. The van der Waals surface area contributed by atoms with E-state index in [1.807, 2.05) is 12.1 Å². The van der Waals surface area contributed by atoms with Gasteiger partial charge in [0, 0.05) is 24.5 Å².